The molecule has 1 aromatic heterocycles. The van der Waals surface area contributed by atoms with Crippen molar-refractivity contribution in [2.45, 2.75) is 26.2 Å². The minimum absolute atomic E-state index is 0.123. The molecule has 1 heterocycles. The molecule has 0 saturated carbocycles. The SMILES string of the molecule is CC(C)(C)c1oc(-c2ccccc2)c(-c2ccc(F)cc2)c1C(=O)O. The van der Waals surface area contributed by atoms with E-state index in [2.05, 4.69) is 0 Å². The summed E-state index contributed by atoms with van der Waals surface area (Å²) >= 11 is 0. The minimum Gasteiger partial charge on any atom is -0.478 e. The van der Waals surface area contributed by atoms with Crippen LogP contribution in [0.5, 0.6) is 0 Å². The van der Waals surface area contributed by atoms with Crippen LogP contribution < -0.4 is 0 Å². The number of carboxylic acids is 1. The van der Waals surface area contributed by atoms with Crippen LogP contribution in [0.3, 0.4) is 0 Å². The normalized spacial score (nSPS) is 11.5. The van der Waals surface area contributed by atoms with Crippen LogP contribution in [0.15, 0.2) is 59.0 Å². The number of carbonyl (C=O) groups is 1. The molecule has 0 atom stereocenters. The van der Waals surface area contributed by atoms with Gasteiger partial charge in [0.25, 0.3) is 0 Å². The second kappa shape index (κ2) is 6.20. The van der Waals surface area contributed by atoms with Gasteiger partial charge in [0.2, 0.25) is 0 Å². The summed E-state index contributed by atoms with van der Waals surface area (Å²) in [6.07, 6.45) is 0. The van der Waals surface area contributed by atoms with E-state index in [4.69, 9.17) is 4.42 Å². The smallest absolute Gasteiger partial charge is 0.339 e. The Hall–Kier alpha value is -2.88. The fourth-order valence-corrected chi connectivity index (χ4v) is 2.85. The Balaban J connectivity index is 2.38. The fraction of sp³-hybridized carbons (Fsp3) is 0.190. The molecule has 25 heavy (non-hydrogen) atoms. The van der Waals surface area contributed by atoms with Crippen molar-refractivity contribution in [2.24, 2.45) is 0 Å². The van der Waals surface area contributed by atoms with Crippen molar-refractivity contribution in [3.05, 3.63) is 71.7 Å². The van der Waals surface area contributed by atoms with Crippen LogP contribution in [0.4, 0.5) is 4.39 Å². The Kier molecular flexibility index (Phi) is 4.21. The van der Waals surface area contributed by atoms with E-state index >= 15 is 0 Å². The highest BCUT2D eigenvalue weighted by atomic mass is 19.1. The van der Waals surface area contributed by atoms with Crippen molar-refractivity contribution in [3.63, 3.8) is 0 Å². The number of hydrogen-bond donors (Lipinski definition) is 1. The molecule has 0 aliphatic heterocycles. The average molecular weight is 338 g/mol. The van der Waals surface area contributed by atoms with Gasteiger partial charge in [0.05, 0.1) is 0 Å². The molecule has 3 rings (SSSR count). The van der Waals surface area contributed by atoms with E-state index in [1.807, 2.05) is 51.1 Å². The molecule has 0 unspecified atom stereocenters. The zero-order chi connectivity index (χ0) is 18.2. The molecule has 0 radical (unpaired) electrons. The summed E-state index contributed by atoms with van der Waals surface area (Å²) in [5.41, 5.74) is 1.49. The maximum Gasteiger partial charge on any atom is 0.339 e. The molecule has 0 aliphatic rings. The third kappa shape index (κ3) is 3.20. The molecule has 0 fully saturated rings. The van der Waals surface area contributed by atoms with E-state index in [1.165, 1.54) is 12.1 Å². The highest BCUT2D eigenvalue weighted by Gasteiger charge is 2.33. The van der Waals surface area contributed by atoms with Crippen molar-refractivity contribution in [3.8, 4) is 22.5 Å². The first-order valence-electron chi connectivity index (χ1n) is 8.01. The van der Waals surface area contributed by atoms with Gasteiger partial charge in [-0.3, -0.25) is 0 Å². The predicted octanol–water partition coefficient (Wildman–Crippen LogP) is 5.75. The van der Waals surface area contributed by atoms with Gasteiger partial charge in [-0.1, -0.05) is 63.2 Å². The van der Waals surface area contributed by atoms with E-state index in [1.54, 1.807) is 12.1 Å². The first-order chi connectivity index (χ1) is 11.8. The maximum absolute atomic E-state index is 13.3. The maximum atomic E-state index is 13.3. The number of aromatic carboxylic acids is 1. The third-order valence-corrected chi connectivity index (χ3v) is 3.97. The Morgan fingerprint density at radius 1 is 0.960 bits per heavy atom. The van der Waals surface area contributed by atoms with Gasteiger partial charge >= 0.3 is 5.97 Å². The second-order valence-corrected chi connectivity index (χ2v) is 6.94. The molecular weight excluding hydrogens is 319 g/mol. The topological polar surface area (TPSA) is 50.4 Å². The summed E-state index contributed by atoms with van der Waals surface area (Å²) in [5.74, 6) is -0.552. The van der Waals surface area contributed by atoms with E-state index < -0.39 is 11.4 Å². The second-order valence-electron chi connectivity index (χ2n) is 6.94. The summed E-state index contributed by atoms with van der Waals surface area (Å²) in [7, 11) is 0. The lowest BCUT2D eigenvalue weighted by Crippen LogP contribution is -2.15. The number of halogens is 1. The highest BCUT2D eigenvalue weighted by Crippen LogP contribution is 2.43. The highest BCUT2D eigenvalue weighted by molar-refractivity contribution is 6.01. The van der Waals surface area contributed by atoms with Crippen molar-refractivity contribution >= 4 is 5.97 Å². The van der Waals surface area contributed by atoms with E-state index in [-0.39, 0.29) is 11.4 Å². The molecular formula is C21H19FO3. The molecule has 0 saturated heterocycles. The zero-order valence-electron chi connectivity index (χ0n) is 14.3. The Bertz CT molecular complexity index is 901. The summed E-state index contributed by atoms with van der Waals surface area (Å²) in [6.45, 7) is 5.71. The Morgan fingerprint density at radius 2 is 1.56 bits per heavy atom. The molecule has 128 valence electrons. The first kappa shape index (κ1) is 17.0. The van der Waals surface area contributed by atoms with Crippen molar-refractivity contribution in [1.82, 2.24) is 0 Å². The van der Waals surface area contributed by atoms with Gasteiger partial charge in [0, 0.05) is 16.5 Å². The molecule has 3 aromatic rings. The van der Waals surface area contributed by atoms with E-state index in [0.29, 0.717) is 22.6 Å². The Morgan fingerprint density at radius 3 is 2.08 bits per heavy atom. The summed E-state index contributed by atoms with van der Waals surface area (Å²) in [4.78, 5) is 12.0. The van der Waals surface area contributed by atoms with Crippen molar-refractivity contribution < 1.29 is 18.7 Å². The van der Waals surface area contributed by atoms with Gasteiger partial charge in [-0.05, 0) is 17.7 Å². The lowest BCUT2D eigenvalue weighted by atomic mass is 9.87. The number of benzene rings is 2. The van der Waals surface area contributed by atoms with Crippen molar-refractivity contribution in [2.75, 3.05) is 0 Å². The molecule has 0 spiro atoms. The van der Waals surface area contributed by atoms with Crippen LogP contribution in [0.25, 0.3) is 22.5 Å². The van der Waals surface area contributed by atoms with E-state index in [9.17, 15) is 14.3 Å². The van der Waals surface area contributed by atoms with Gasteiger partial charge in [0.15, 0.2) is 0 Å². The van der Waals surface area contributed by atoms with Crippen LogP contribution in [-0.2, 0) is 5.41 Å². The standard InChI is InChI=1S/C21H19FO3/c1-21(2,3)19-17(20(23)24)16(13-9-11-15(22)12-10-13)18(25-19)14-7-5-4-6-8-14/h4-12H,1-3H3,(H,23,24). The van der Waals surface area contributed by atoms with Gasteiger partial charge in [0.1, 0.15) is 22.9 Å². The molecule has 3 nitrogen and oxygen atoms in total. The minimum atomic E-state index is -1.06. The zero-order valence-corrected chi connectivity index (χ0v) is 14.3. The molecule has 0 aliphatic carbocycles. The molecule has 0 amide bonds. The predicted molar refractivity (Wildman–Crippen MR) is 95.2 cm³/mol. The molecule has 1 N–H and O–H groups in total. The fourth-order valence-electron chi connectivity index (χ4n) is 2.85. The van der Waals surface area contributed by atoms with E-state index in [0.717, 1.165) is 5.56 Å². The van der Waals surface area contributed by atoms with Gasteiger partial charge in [-0.15, -0.1) is 0 Å². The van der Waals surface area contributed by atoms with Gasteiger partial charge < -0.3 is 9.52 Å². The number of rotatable bonds is 3. The monoisotopic (exact) mass is 338 g/mol. The number of hydrogen-bond acceptors (Lipinski definition) is 2. The van der Waals surface area contributed by atoms with Crippen LogP contribution in [-0.4, -0.2) is 11.1 Å². The molecule has 2 aromatic carbocycles. The average Bonchev–Trinajstić information content (AvgIpc) is 2.97. The molecule has 0 bridgehead atoms. The summed E-state index contributed by atoms with van der Waals surface area (Å²) in [6, 6.07) is 15.1. The lowest BCUT2D eigenvalue weighted by Gasteiger charge is -2.16. The van der Waals surface area contributed by atoms with Crippen LogP contribution in [0.2, 0.25) is 0 Å². The summed E-state index contributed by atoms with van der Waals surface area (Å²) in [5, 5.41) is 9.85. The first-order valence-corrected chi connectivity index (χ1v) is 8.01. The van der Waals surface area contributed by atoms with Gasteiger partial charge in [-0.2, -0.15) is 0 Å². The number of carboxylic acid groups (broad SMARTS) is 1. The van der Waals surface area contributed by atoms with Crippen LogP contribution in [0.1, 0.15) is 36.9 Å². The Labute approximate surface area is 145 Å². The molecule has 4 heteroatoms. The largest absolute Gasteiger partial charge is 0.478 e. The van der Waals surface area contributed by atoms with Crippen LogP contribution >= 0.6 is 0 Å². The van der Waals surface area contributed by atoms with Crippen molar-refractivity contribution in [1.29, 1.82) is 0 Å². The number of furan rings is 1. The lowest BCUT2D eigenvalue weighted by molar-refractivity contribution is 0.0693. The third-order valence-electron chi connectivity index (χ3n) is 3.97. The van der Waals surface area contributed by atoms with Crippen LogP contribution in [0, 0.1) is 5.82 Å². The quantitative estimate of drug-likeness (QED) is 0.661. The van der Waals surface area contributed by atoms with Gasteiger partial charge in [-0.25, -0.2) is 9.18 Å². The summed E-state index contributed by atoms with van der Waals surface area (Å²) < 4.78 is 19.4.